The average Bonchev–Trinajstić information content (AvgIpc) is 2.40. The van der Waals surface area contributed by atoms with E-state index in [9.17, 15) is 0 Å². The number of nitrogens with one attached hydrogen (secondary N) is 2. The highest BCUT2D eigenvalue weighted by atomic mass is 15.2. The number of hydrogen-bond acceptors (Lipinski definition) is 5. The van der Waals surface area contributed by atoms with Crippen molar-refractivity contribution in [1.82, 2.24) is 15.3 Å². The molecule has 1 aromatic heterocycles. The molecule has 0 unspecified atom stereocenters. The highest BCUT2D eigenvalue weighted by molar-refractivity contribution is 5.58. The van der Waals surface area contributed by atoms with E-state index in [1.165, 1.54) is 0 Å². The van der Waals surface area contributed by atoms with Gasteiger partial charge in [0.15, 0.2) is 0 Å². The Kier molecular flexibility index (Phi) is 4.36. The summed E-state index contributed by atoms with van der Waals surface area (Å²) in [5, 5.41) is 6.76. The van der Waals surface area contributed by atoms with Gasteiger partial charge in [-0.25, -0.2) is 9.97 Å². The number of piperazine rings is 1. The average molecular weight is 249 g/mol. The van der Waals surface area contributed by atoms with Gasteiger partial charge < -0.3 is 15.5 Å². The molecular formula is C13H23N5. The van der Waals surface area contributed by atoms with Crippen LogP contribution in [0.4, 0.5) is 11.6 Å². The van der Waals surface area contributed by atoms with Crippen LogP contribution in [0.5, 0.6) is 0 Å². The van der Waals surface area contributed by atoms with Gasteiger partial charge in [-0.1, -0.05) is 6.92 Å². The molecule has 5 heteroatoms. The van der Waals surface area contributed by atoms with Crippen LogP contribution >= 0.6 is 0 Å². The van der Waals surface area contributed by atoms with Gasteiger partial charge in [0, 0.05) is 38.3 Å². The monoisotopic (exact) mass is 249 g/mol. The molecule has 100 valence electrons. The molecule has 1 aliphatic heterocycles. The quantitative estimate of drug-likeness (QED) is 0.843. The number of hydrogen-bond donors (Lipinski definition) is 2. The second-order valence-electron chi connectivity index (χ2n) is 4.73. The first-order chi connectivity index (χ1) is 8.72. The van der Waals surface area contributed by atoms with Crippen molar-refractivity contribution in [1.29, 1.82) is 0 Å². The lowest BCUT2D eigenvalue weighted by atomic mass is 10.2. The summed E-state index contributed by atoms with van der Waals surface area (Å²) >= 11 is 0. The Labute approximate surface area is 109 Å². The Morgan fingerprint density at radius 1 is 1.22 bits per heavy atom. The minimum atomic E-state index is 0.840. The van der Waals surface area contributed by atoms with Crippen molar-refractivity contribution in [2.24, 2.45) is 0 Å². The van der Waals surface area contributed by atoms with Crippen LogP contribution in [0.3, 0.4) is 0 Å². The van der Waals surface area contributed by atoms with Crippen molar-refractivity contribution in [3.63, 3.8) is 0 Å². The fraction of sp³-hybridized carbons (Fsp3) is 0.692. The molecule has 18 heavy (non-hydrogen) atoms. The lowest BCUT2D eigenvalue weighted by Gasteiger charge is -2.30. The zero-order valence-corrected chi connectivity index (χ0v) is 11.6. The van der Waals surface area contributed by atoms with E-state index in [0.29, 0.717) is 0 Å². The molecule has 1 fully saturated rings. The van der Waals surface area contributed by atoms with Gasteiger partial charge in [0.1, 0.15) is 17.5 Å². The summed E-state index contributed by atoms with van der Waals surface area (Å²) in [6.45, 7) is 11.3. The summed E-state index contributed by atoms with van der Waals surface area (Å²) in [6, 6.07) is 0. The van der Waals surface area contributed by atoms with Gasteiger partial charge in [0.25, 0.3) is 0 Å². The molecule has 0 atom stereocenters. The molecular weight excluding hydrogens is 226 g/mol. The molecule has 5 nitrogen and oxygen atoms in total. The maximum atomic E-state index is 4.61. The van der Waals surface area contributed by atoms with E-state index >= 15 is 0 Å². The summed E-state index contributed by atoms with van der Waals surface area (Å²) in [6.07, 6.45) is 1.10. The summed E-state index contributed by atoms with van der Waals surface area (Å²) in [5.41, 5.74) is 1.16. The smallest absolute Gasteiger partial charge is 0.137 e. The number of anilines is 2. The first-order valence-corrected chi connectivity index (χ1v) is 6.77. The number of aromatic nitrogens is 2. The Hall–Kier alpha value is -1.36. The standard InChI is InChI=1S/C13H23N5/c1-4-5-15-12-10(2)13(17-11(3)16-12)18-8-6-14-7-9-18/h14H,4-9H2,1-3H3,(H,15,16,17). The van der Waals surface area contributed by atoms with Gasteiger partial charge in [-0.3, -0.25) is 0 Å². The maximum Gasteiger partial charge on any atom is 0.137 e. The molecule has 0 aliphatic carbocycles. The second-order valence-corrected chi connectivity index (χ2v) is 4.73. The van der Waals surface area contributed by atoms with Gasteiger partial charge in [-0.15, -0.1) is 0 Å². The van der Waals surface area contributed by atoms with Crippen molar-refractivity contribution in [3.05, 3.63) is 11.4 Å². The van der Waals surface area contributed by atoms with Crippen LogP contribution in [-0.4, -0.2) is 42.7 Å². The van der Waals surface area contributed by atoms with Crippen molar-refractivity contribution < 1.29 is 0 Å². The van der Waals surface area contributed by atoms with E-state index in [1.54, 1.807) is 0 Å². The zero-order chi connectivity index (χ0) is 13.0. The van der Waals surface area contributed by atoms with Crippen LogP contribution in [0, 0.1) is 13.8 Å². The van der Waals surface area contributed by atoms with E-state index in [2.05, 4.69) is 39.3 Å². The van der Waals surface area contributed by atoms with Crippen LogP contribution in [0.1, 0.15) is 24.7 Å². The molecule has 2 heterocycles. The first kappa shape index (κ1) is 13.1. The van der Waals surface area contributed by atoms with Gasteiger partial charge >= 0.3 is 0 Å². The molecule has 0 saturated carbocycles. The van der Waals surface area contributed by atoms with E-state index in [0.717, 1.165) is 62.2 Å². The maximum absolute atomic E-state index is 4.61. The largest absolute Gasteiger partial charge is 0.370 e. The van der Waals surface area contributed by atoms with E-state index in [-0.39, 0.29) is 0 Å². The van der Waals surface area contributed by atoms with E-state index in [4.69, 9.17) is 0 Å². The van der Waals surface area contributed by atoms with Crippen LogP contribution < -0.4 is 15.5 Å². The predicted octanol–water partition coefficient (Wildman–Crippen LogP) is 1.32. The normalized spacial score (nSPS) is 15.8. The number of aryl methyl sites for hydroxylation is 1. The molecule has 1 aromatic rings. The van der Waals surface area contributed by atoms with Crippen LogP contribution in [0.15, 0.2) is 0 Å². The topological polar surface area (TPSA) is 53.1 Å². The highest BCUT2D eigenvalue weighted by Gasteiger charge is 2.17. The molecule has 0 bridgehead atoms. The van der Waals surface area contributed by atoms with Crippen molar-refractivity contribution in [3.8, 4) is 0 Å². The van der Waals surface area contributed by atoms with Crippen molar-refractivity contribution in [2.45, 2.75) is 27.2 Å². The third kappa shape index (κ3) is 2.90. The first-order valence-electron chi connectivity index (χ1n) is 6.77. The van der Waals surface area contributed by atoms with Gasteiger partial charge in [-0.05, 0) is 20.3 Å². The van der Waals surface area contributed by atoms with Crippen molar-refractivity contribution >= 4 is 11.6 Å². The fourth-order valence-electron chi connectivity index (χ4n) is 2.21. The van der Waals surface area contributed by atoms with Crippen LogP contribution in [0.2, 0.25) is 0 Å². The minimum absolute atomic E-state index is 0.840. The Morgan fingerprint density at radius 2 is 1.94 bits per heavy atom. The predicted molar refractivity (Wildman–Crippen MR) is 75.4 cm³/mol. The highest BCUT2D eigenvalue weighted by Crippen LogP contribution is 2.23. The van der Waals surface area contributed by atoms with Gasteiger partial charge in [0.05, 0.1) is 0 Å². The Bertz CT molecular complexity index is 399. The molecule has 0 aromatic carbocycles. The van der Waals surface area contributed by atoms with E-state index in [1.807, 2.05) is 6.92 Å². The molecule has 2 N–H and O–H groups in total. The lowest BCUT2D eigenvalue weighted by Crippen LogP contribution is -2.44. The lowest BCUT2D eigenvalue weighted by molar-refractivity contribution is 0.583. The third-order valence-electron chi connectivity index (χ3n) is 3.19. The number of rotatable bonds is 4. The SMILES string of the molecule is CCCNc1nc(C)nc(N2CCNCC2)c1C. The summed E-state index contributed by atoms with van der Waals surface area (Å²) in [7, 11) is 0. The minimum Gasteiger partial charge on any atom is -0.370 e. The molecule has 0 amide bonds. The van der Waals surface area contributed by atoms with Crippen molar-refractivity contribution in [2.75, 3.05) is 42.9 Å². The third-order valence-corrected chi connectivity index (χ3v) is 3.19. The molecule has 1 aliphatic rings. The Balaban J connectivity index is 2.25. The number of nitrogens with zero attached hydrogens (tertiary/aromatic N) is 3. The summed E-state index contributed by atoms with van der Waals surface area (Å²) < 4.78 is 0. The van der Waals surface area contributed by atoms with E-state index < -0.39 is 0 Å². The molecule has 2 rings (SSSR count). The van der Waals surface area contributed by atoms with Crippen LogP contribution in [0.25, 0.3) is 0 Å². The van der Waals surface area contributed by atoms with Crippen LogP contribution in [-0.2, 0) is 0 Å². The molecule has 0 radical (unpaired) electrons. The summed E-state index contributed by atoms with van der Waals surface area (Å²) in [5.74, 6) is 2.91. The summed E-state index contributed by atoms with van der Waals surface area (Å²) in [4.78, 5) is 11.5. The Morgan fingerprint density at radius 3 is 2.61 bits per heavy atom. The molecule has 0 spiro atoms. The van der Waals surface area contributed by atoms with Gasteiger partial charge in [-0.2, -0.15) is 0 Å². The zero-order valence-electron chi connectivity index (χ0n) is 11.6. The fourth-order valence-corrected chi connectivity index (χ4v) is 2.21. The van der Waals surface area contributed by atoms with Gasteiger partial charge in [0.2, 0.25) is 0 Å². The molecule has 1 saturated heterocycles. The second kappa shape index (κ2) is 6.00.